The minimum Gasteiger partial charge on any atom is -0.389 e. The molecule has 2 heterocycles. The molecule has 12 heteroatoms. The SMILES string of the molecule is CC.C[C@@H]1C(n2cnc3c(N)nc(Cl)nc32)[C@H](O)[C@H](O)[C@@]1(C)/C=C/P(=O)(O)O. The Morgan fingerprint density at radius 2 is 1.93 bits per heavy atom. The number of nitrogens with two attached hydrogens (primary N) is 1. The molecule has 1 fully saturated rings. The Morgan fingerprint density at radius 3 is 2.50 bits per heavy atom. The molecule has 1 aliphatic rings. The van der Waals surface area contributed by atoms with E-state index in [-0.39, 0.29) is 11.1 Å². The van der Waals surface area contributed by atoms with Gasteiger partial charge in [0.25, 0.3) is 0 Å². The molecular formula is C16H25ClN5O5P. The fourth-order valence-electron chi connectivity index (χ4n) is 3.53. The molecule has 2 aromatic rings. The second-order valence-corrected chi connectivity index (χ2v) is 8.50. The molecule has 0 saturated heterocycles. The lowest BCUT2D eigenvalue weighted by atomic mass is 9.78. The summed E-state index contributed by atoms with van der Waals surface area (Å²) in [5.41, 5.74) is 5.31. The summed E-state index contributed by atoms with van der Waals surface area (Å²) in [7, 11) is -4.41. The molecule has 28 heavy (non-hydrogen) atoms. The monoisotopic (exact) mass is 433 g/mol. The van der Waals surface area contributed by atoms with Crippen LogP contribution in [0.5, 0.6) is 0 Å². The van der Waals surface area contributed by atoms with E-state index in [1.54, 1.807) is 18.4 Å². The number of nitrogen functional groups attached to an aromatic ring is 1. The summed E-state index contributed by atoms with van der Waals surface area (Å²) >= 11 is 5.86. The largest absolute Gasteiger partial charge is 0.389 e. The van der Waals surface area contributed by atoms with Gasteiger partial charge in [0, 0.05) is 11.2 Å². The van der Waals surface area contributed by atoms with Crippen LogP contribution in [-0.4, -0.2) is 51.7 Å². The van der Waals surface area contributed by atoms with Gasteiger partial charge in [0.05, 0.1) is 18.5 Å². The van der Waals surface area contributed by atoms with Gasteiger partial charge in [-0.25, -0.2) is 4.98 Å². The number of rotatable bonds is 3. The first kappa shape index (κ1) is 22.7. The fourth-order valence-corrected chi connectivity index (χ4v) is 4.22. The maximum atomic E-state index is 11.2. The van der Waals surface area contributed by atoms with Crippen LogP contribution in [0.1, 0.15) is 33.7 Å². The third kappa shape index (κ3) is 3.94. The molecule has 0 spiro atoms. The molecule has 0 aliphatic heterocycles. The van der Waals surface area contributed by atoms with Crippen molar-refractivity contribution in [2.75, 3.05) is 5.73 Å². The summed E-state index contributed by atoms with van der Waals surface area (Å²) in [5.74, 6) is 0.400. The van der Waals surface area contributed by atoms with Crippen LogP contribution in [0.4, 0.5) is 5.82 Å². The minimum absolute atomic E-state index is 0.0819. The van der Waals surface area contributed by atoms with E-state index in [0.717, 1.165) is 5.82 Å². The molecule has 10 nitrogen and oxygen atoms in total. The number of nitrogens with zero attached hydrogens (tertiary/aromatic N) is 4. The Balaban J connectivity index is 0.00000136. The summed E-state index contributed by atoms with van der Waals surface area (Å²) in [6.45, 7) is 7.37. The van der Waals surface area contributed by atoms with Crippen LogP contribution >= 0.6 is 19.2 Å². The first-order chi connectivity index (χ1) is 13.0. The van der Waals surface area contributed by atoms with Gasteiger partial charge < -0.3 is 30.3 Å². The molecule has 5 atom stereocenters. The van der Waals surface area contributed by atoms with Gasteiger partial charge in [-0.1, -0.05) is 33.8 Å². The number of aliphatic hydroxyl groups excluding tert-OH is 2. The lowest BCUT2D eigenvalue weighted by Gasteiger charge is -2.30. The van der Waals surface area contributed by atoms with E-state index >= 15 is 0 Å². The van der Waals surface area contributed by atoms with Crippen molar-refractivity contribution in [3.63, 3.8) is 0 Å². The predicted molar refractivity (Wildman–Crippen MR) is 106 cm³/mol. The second-order valence-electron chi connectivity index (χ2n) is 6.69. The summed E-state index contributed by atoms with van der Waals surface area (Å²) < 4.78 is 12.7. The standard InChI is InChI=1S/C14H19ClN5O5P.C2H6/c1-6-8(9(21)10(22)14(6,2)3-4-26(23,24)25)20-5-17-7-11(16)18-13(15)19-12(7)20;1-2/h3-6,8-10,21-22H,1-2H3,(H2,16,18,19)(H2,23,24,25);1-2H3/b4-3+;/t6-,8?,9+,10+,14+;/m1./s1. The molecule has 1 aliphatic carbocycles. The van der Waals surface area contributed by atoms with Gasteiger partial charge in [-0.15, -0.1) is 0 Å². The van der Waals surface area contributed by atoms with E-state index in [1.807, 2.05) is 13.8 Å². The van der Waals surface area contributed by atoms with Gasteiger partial charge in [0.15, 0.2) is 11.5 Å². The van der Waals surface area contributed by atoms with Gasteiger partial charge >= 0.3 is 7.60 Å². The van der Waals surface area contributed by atoms with E-state index in [0.29, 0.717) is 11.2 Å². The zero-order chi connectivity index (χ0) is 21.4. The molecule has 2 aromatic heterocycles. The van der Waals surface area contributed by atoms with Crippen LogP contribution in [0.3, 0.4) is 0 Å². The van der Waals surface area contributed by atoms with Crippen LogP contribution in [0.25, 0.3) is 11.2 Å². The van der Waals surface area contributed by atoms with Crippen molar-refractivity contribution in [3.8, 4) is 0 Å². The Morgan fingerprint density at radius 1 is 1.32 bits per heavy atom. The molecular weight excluding hydrogens is 409 g/mol. The van der Waals surface area contributed by atoms with Crippen molar-refractivity contribution in [2.24, 2.45) is 11.3 Å². The van der Waals surface area contributed by atoms with Gasteiger partial charge in [0.1, 0.15) is 11.6 Å². The number of aliphatic hydroxyl groups is 2. The molecule has 1 saturated carbocycles. The molecule has 1 unspecified atom stereocenters. The van der Waals surface area contributed by atoms with Crippen LogP contribution < -0.4 is 5.73 Å². The van der Waals surface area contributed by atoms with E-state index in [1.165, 1.54) is 12.4 Å². The van der Waals surface area contributed by atoms with E-state index in [4.69, 9.17) is 27.1 Å². The van der Waals surface area contributed by atoms with Crippen molar-refractivity contribution in [1.29, 1.82) is 0 Å². The third-order valence-corrected chi connectivity index (χ3v) is 5.88. The Hall–Kier alpha value is -1.55. The Kier molecular flexibility index (Phi) is 6.54. The Bertz CT molecular complexity index is 932. The van der Waals surface area contributed by atoms with Crippen molar-refractivity contribution in [1.82, 2.24) is 19.5 Å². The molecule has 3 rings (SSSR count). The van der Waals surface area contributed by atoms with Crippen LogP contribution in [0.2, 0.25) is 5.28 Å². The fraction of sp³-hybridized carbons (Fsp3) is 0.562. The molecule has 0 radical (unpaired) electrons. The Labute approximate surface area is 167 Å². The van der Waals surface area contributed by atoms with Gasteiger partial charge in [-0.3, -0.25) is 4.57 Å². The lowest BCUT2D eigenvalue weighted by Crippen LogP contribution is -2.34. The number of hydrogen-bond acceptors (Lipinski definition) is 7. The molecule has 0 amide bonds. The smallest absolute Gasteiger partial charge is 0.348 e. The zero-order valence-corrected chi connectivity index (χ0v) is 17.6. The number of hydrogen-bond donors (Lipinski definition) is 5. The highest BCUT2D eigenvalue weighted by atomic mass is 35.5. The first-order valence-corrected chi connectivity index (χ1v) is 10.8. The van der Waals surface area contributed by atoms with Crippen LogP contribution in [0.15, 0.2) is 18.2 Å². The number of halogens is 1. The van der Waals surface area contributed by atoms with Crippen molar-refractivity contribution in [2.45, 2.75) is 45.9 Å². The molecule has 156 valence electrons. The third-order valence-electron chi connectivity index (χ3n) is 5.17. The summed E-state index contributed by atoms with van der Waals surface area (Å²) in [6, 6.07) is -0.674. The predicted octanol–water partition coefficient (Wildman–Crippen LogP) is 1.70. The normalized spacial score (nSPS) is 30.6. The quantitative estimate of drug-likeness (QED) is 0.357. The van der Waals surface area contributed by atoms with Gasteiger partial charge in [-0.05, 0) is 17.5 Å². The first-order valence-electron chi connectivity index (χ1n) is 8.73. The molecule has 6 N–H and O–H groups in total. The average Bonchev–Trinajstić information content (AvgIpc) is 3.09. The lowest BCUT2D eigenvalue weighted by molar-refractivity contribution is -0.00839. The average molecular weight is 434 g/mol. The summed E-state index contributed by atoms with van der Waals surface area (Å²) in [5, 5.41) is 21.1. The van der Waals surface area contributed by atoms with Gasteiger partial charge in [0.2, 0.25) is 5.28 Å². The summed E-state index contributed by atoms with van der Waals surface area (Å²) in [4.78, 5) is 30.3. The molecule has 0 bridgehead atoms. The topological polar surface area (TPSA) is 168 Å². The van der Waals surface area contributed by atoms with E-state index in [2.05, 4.69) is 15.0 Å². The highest BCUT2D eigenvalue weighted by Gasteiger charge is 2.55. The van der Waals surface area contributed by atoms with Crippen molar-refractivity contribution >= 4 is 36.2 Å². The number of fused-ring (bicyclic) bond motifs is 1. The van der Waals surface area contributed by atoms with Gasteiger partial charge in [-0.2, -0.15) is 9.97 Å². The summed E-state index contributed by atoms with van der Waals surface area (Å²) in [6.07, 6.45) is 0.171. The van der Waals surface area contributed by atoms with E-state index in [9.17, 15) is 14.8 Å². The maximum absolute atomic E-state index is 11.2. The van der Waals surface area contributed by atoms with Crippen LogP contribution in [-0.2, 0) is 4.57 Å². The minimum atomic E-state index is -4.41. The number of anilines is 1. The second kappa shape index (κ2) is 8.06. The molecule has 0 aromatic carbocycles. The van der Waals surface area contributed by atoms with Crippen molar-refractivity contribution < 1.29 is 24.6 Å². The van der Waals surface area contributed by atoms with Crippen LogP contribution in [0, 0.1) is 11.3 Å². The highest BCUT2D eigenvalue weighted by Crippen LogP contribution is 2.52. The van der Waals surface area contributed by atoms with Crippen molar-refractivity contribution in [3.05, 3.63) is 23.5 Å². The highest BCUT2D eigenvalue weighted by molar-refractivity contribution is 7.55. The van der Waals surface area contributed by atoms with E-state index < -0.39 is 37.2 Å². The maximum Gasteiger partial charge on any atom is 0.348 e. The number of aromatic nitrogens is 4. The number of imidazole rings is 1. The zero-order valence-electron chi connectivity index (χ0n) is 15.9.